The molecule has 1 heterocycles. The van der Waals surface area contributed by atoms with Crippen LogP contribution in [-0.4, -0.2) is 18.2 Å². The summed E-state index contributed by atoms with van der Waals surface area (Å²) >= 11 is 0. The van der Waals surface area contributed by atoms with Gasteiger partial charge in [0.05, 0.1) is 12.2 Å². The molecular formula is C10H12O3. The summed E-state index contributed by atoms with van der Waals surface area (Å²) in [6.07, 6.45) is 3.63. The maximum Gasteiger partial charge on any atom is 0.309 e. The van der Waals surface area contributed by atoms with Gasteiger partial charge in [0.25, 0.3) is 0 Å². The Labute approximate surface area is 76.7 Å². The first-order valence-electron chi connectivity index (χ1n) is 4.78. The zero-order valence-corrected chi connectivity index (χ0v) is 7.31. The highest BCUT2D eigenvalue weighted by Gasteiger charge is 2.62. The van der Waals surface area contributed by atoms with Crippen LogP contribution in [0, 0.1) is 17.8 Å². The summed E-state index contributed by atoms with van der Waals surface area (Å²) in [6.45, 7) is 3.55. The highest BCUT2D eigenvalue weighted by Crippen LogP contribution is 2.55. The summed E-state index contributed by atoms with van der Waals surface area (Å²) in [6, 6.07) is 0. The molecule has 1 saturated heterocycles. The average Bonchev–Trinajstić information content (AvgIpc) is 2.69. The fourth-order valence-corrected chi connectivity index (χ4v) is 3.20. The monoisotopic (exact) mass is 180 g/mol. The molecule has 3 fully saturated rings. The third-order valence-corrected chi connectivity index (χ3v) is 3.67. The Balaban J connectivity index is 1.90. The van der Waals surface area contributed by atoms with Crippen LogP contribution in [0.4, 0.5) is 0 Å². The van der Waals surface area contributed by atoms with Crippen molar-refractivity contribution in [1.82, 2.24) is 0 Å². The van der Waals surface area contributed by atoms with E-state index in [9.17, 15) is 4.79 Å². The fourth-order valence-electron chi connectivity index (χ4n) is 3.20. The van der Waals surface area contributed by atoms with Gasteiger partial charge in [0.15, 0.2) is 0 Å². The van der Waals surface area contributed by atoms with E-state index in [1.807, 2.05) is 0 Å². The van der Waals surface area contributed by atoms with Crippen molar-refractivity contribution in [1.29, 1.82) is 0 Å². The van der Waals surface area contributed by atoms with E-state index in [0.717, 1.165) is 12.8 Å². The molecule has 13 heavy (non-hydrogen) atoms. The van der Waals surface area contributed by atoms with Crippen LogP contribution in [0.2, 0.25) is 0 Å². The number of hydrogen-bond donors (Lipinski definition) is 0. The fraction of sp³-hybridized carbons (Fsp3) is 0.700. The van der Waals surface area contributed by atoms with Gasteiger partial charge >= 0.3 is 5.97 Å². The lowest BCUT2D eigenvalue weighted by Crippen LogP contribution is -2.32. The quantitative estimate of drug-likeness (QED) is 0.471. The van der Waals surface area contributed by atoms with Gasteiger partial charge in [-0.3, -0.25) is 4.79 Å². The van der Waals surface area contributed by atoms with Gasteiger partial charge in [-0.25, -0.2) is 0 Å². The molecule has 3 heteroatoms. The van der Waals surface area contributed by atoms with E-state index in [-0.39, 0.29) is 24.1 Å². The van der Waals surface area contributed by atoms with Crippen molar-refractivity contribution in [3.63, 3.8) is 0 Å². The first-order valence-corrected chi connectivity index (χ1v) is 4.78. The third-order valence-electron chi connectivity index (χ3n) is 3.67. The van der Waals surface area contributed by atoms with Crippen molar-refractivity contribution in [3.05, 3.63) is 12.8 Å². The van der Waals surface area contributed by atoms with Crippen molar-refractivity contribution < 1.29 is 14.3 Å². The van der Waals surface area contributed by atoms with Crippen molar-refractivity contribution in [3.8, 4) is 0 Å². The maximum atomic E-state index is 11.3. The van der Waals surface area contributed by atoms with Gasteiger partial charge in [-0.1, -0.05) is 6.58 Å². The van der Waals surface area contributed by atoms with Gasteiger partial charge in [0, 0.05) is 11.8 Å². The predicted octanol–water partition coefficient (Wildman–Crippen LogP) is 1.10. The molecule has 0 amide bonds. The second-order valence-corrected chi connectivity index (χ2v) is 4.17. The molecule has 70 valence electrons. The van der Waals surface area contributed by atoms with E-state index in [2.05, 4.69) is 6.58 Å². The van der Waals surface area contributed by atoms with E-state index in [4.69, 9.17) is 9.47 Å². The zero-order valence-electron chi connectivity index (χ0n) is 7.31. The van der Waals surface area contributed by atoms with E-state index in [1.165, 1.54) is 6.26 Å². The lowest BCUT2D eigenvalue weighted by atomic mass is 9.88. The average molecular weight is 180 g/mol. The molecule has 5 atom stereocenters. The standard InChI is InChI=1S/C10H12O3/c1-2-12-8-5-3-6-7(4-5)10(11)13-9(6)8/h2,5-9H,1,3-4H2/t5-,6+,7-,8-,9-/m1/s1. The number of hydrogen-bond acceptors (Lipinski definition) is 3. The van der Waals surface area contributed by atoms with Gasteiger partial charge in [0.2, 0.25) is 0 Å². The van der Waals surface area contributed by atoms with E-state index >= 15 is 0 Å². The largest absolute Gasteiger partial charge is 0.494 e. The Hall–Kier alpha value is -0.990. The van der Waals surface area contributed by atoms with Gasteiger partial charge in [-0.15, -0.1) is 0 Å². The molecule has 0 radical (unpaired) electrons. The molecule has 3 nitrogen and oxygen atoms in total. The molecule has 2 saturated carbocycles. The van der Waals surface area contributed by atoms with Crippen LogP contribution in [0.25, 0.3) is 0 Å². The highest BCUT2D eigenvalue weighted by molar-refractivity contribution is 5.76. The Morgan fingerprint density at radius 2 is 2.38 bits per heavy atom. The van der Waals surface area contributed by atoms with Crippen molar-refractivity contribution in [2.45, 2.75) is 25.0 Å². The first-order chi connectivity index (χ1) is 6.31. The number of carbonyl (C=O) groups is 1. The van der Waals surface area contributed by atoms with E-state index in [1.54, 1.807) is 0 Å². The molecule has 3 aliphatic rings. The molecule has 2 bridgehead atoms. The van der Waals surface area contributed by atoms with Gasteiger partial charge < -0.3 is 9.47 Å². The van der Waals surface area contributed by atoms with Gasteiger partial charge in [-0.2, -0.15) is 0 Å². The second-order valence-electron chi connectivity index (χ2n) is 4.17. The normalized spacial score (nSPS) is 50.8. The molecule has 0 spiro atoms. The van der Waals surface area contributed by atoms with Crippen LogP contribution >= 0.6 is 0 Å². The first kappa shape index (κ1) is 7.42. The van der Waals surface area contributed by atoms with Crippen molar-refractivity contribution >= 4 is 5.97 Å². The van der Waals surface area contributed by atoms with Crippen LogP contribution in [-0.2, 0) is 14.3 Å². The number of rotatable bonds is 2. The minimum Gasteiger partial charge on any atom is -0.494 e. The predicted molar refractivity (Wildman–Crippen MR) is 44.7 cm³/mol. The maximum absolute atomic E-state index is 11.3. The van der Waals surface area contributed by atoms with Crippen LogP contribution in [0.1, 0.15) is 12.8 Å². The summed E-state index contributed by atoms with van der Waals surface area (Å²) in [4.78, 5) is 11.3. The molecule has 0 aromatic rings. The Morgan fingerprint density at radius 1 is 1.54 bits per heavy atom. The SMILES string of the molecule is C=CO[C@@H]1[C@@H]2C[C@@H]3[C@H]1OC(=O)[C@@H]3C2. The topological polar surface area (TPSA) is 35.5 Å². The second kappa shape index (κ2) is 2.28. The number of carbonyl (C=O) groups excluding carboxylic acids is 1. The van der Waals surface area contributed by atoms with E-state index in [0.29, 0.717) is 11.8 Å². The van der Waals surface area contributed by atoms with Crippen LogP contribution < -0.4 is 0 Å². The van der Waals surface area contributed by atoms with Gasteiger partial charge in [-0.05, 0) is 12.8 Å². The highest BCUT2D eigenvalue weighted by atomic mass is 16.6. The van der Waals surface area contributed by atoms with Crippen LogP contribution in [0.15, 0.2) is 12.8 Å². The van der Waals surface area contributed by atoms with Crippen molar-refractivity contribution in [2.75, 3.05) is 0 Å². The molecule has 0 N–H and O–H groups in total. The summed E-state index contributed by atoms with van der Waals surface area (Å²) in [5.41, 5.74) is 0. The zero-order chi connectivity index (χ0) is 9.00. The van der Waals surface area contributed by atoms with Crippen molar-refractivity contribution in [2.24, 2.45) is 17.8 Å². The summed E-state index contributed by atoms with van der Waals surface area (Å²) in [7, 11) is 0. The minimum atomic E-state index is -0.00679. The van der Waals surface area contributed by atoms with E-state index < -0.39 is 0 Å². The molecule has 2 aliphatic carbocycles. The Bertz CT molecular complexity index is 273. The number of esters is 1. The molecular weight excluding hydrogens is 168 g/mol. The van der Waals surface area contributed by atoms with Crippen LogP contribution in [0.3, 0.4) is 0 Å². The lowest BCUT2D eigenvalue weighted by Gasteiger charge is -2.24. The third kappa shape index (κ3) is 0.773. The summed E-state index contributed by atoms with van der Waals surface area (Å²) in [5.74, 6) is 1.12. The summed E-state index contributed by atoms with van der Waals surface area (Å²) in [5, 5.41) is 0. The van der Waals surface area contributed by atoms with Crippen LogP contribution in [0.5, 0.6) is 0 Å². The minimum absolute atomic E-state index is 0.00679. The smallest absolute Gasteiger partial charge is 0.309 e. The summed E-state index contributed by atoms with van der Waals surface area (Å²) < 4.78 is 10.7. The molecule has 0 aromatic carbocycles. The molecule has 3 rings (SSSR count). The molecule has 0 aromatic heterocycles. The Morgan fingerprint density at radius 3 is 3.15 bits per heavy atom. The van der Waals surface area contributed by atoms with Gasteiger partial charge in [0.1, 0.15) is 12.2 Å². The lowest BCUT2D eigenvalue weighted by molar-refractivity contribution is -0.145. The number of ether oxygens (including phenoxy) is 2. The number of fused-ring (bicyclic) bond motifs is 1. The molecule has 1 aliphatic heterocycles. The Kier molecular flexibility index (Phi) is 1.30. The molecule has 0 unspecified atom stereocenters.